The quantitative estimate of drug-likeness (QED) is 0.301. The summed E-state index contributed by atoms with van der Waals surface area (Å²) in [5.74, 6) is -0.281. The van der Waals surface area contributed by atoms with Crippen molar-refractivity contribution in [3.63, 3.8) is 0 Å². The first-order chi connectivity index (χ1) is 11.6. The number of esters is 1. The molecule has 2 amide bonds. The summed E-state index contributed by atoms with van der Waals surface area (Å²) < 4.78 is 5.47. The number of amides is 2. The number of nitrogens with one attached hydrogen (secondary N) is 1. The number of carbonyl (C=O) groups is 3. The van der Waals surface area contributed by atoms with Crippen molar-refractivity contribution in [2.24, 2.45) is 0 Å². The van der Waals surface area contributed by atoms with Crippen LogP contribution in [0, 0.1) is 0 Å². The molecular formula is C15H15IN2O4S2. The largest absolute Gasteiger partial charge is 0.464 e. The van der Waals surface area contributed by atoms with Crippen LogP contribution in [0.1, 0.15) is 4.88 Å². The van der Waals surface area contributed by atoms with Crippen LogP contribution in [0.3, 0.4) is 0 Å². The first-order valence-electron chi connectivity index (χ1n) is 7.19. The second kappa shape index (κ2) is 7.44. The molecule has 128 valence electrons. The average molecular weight is 478 g/mol. The second-order valence-corrected chi connectivity index (χ2v) is 8.19. The van der Waals surface area contributed by atoms with Gasteiger partial charge in [-0.2, -0.15) is 0 Å². The summed E-state index contributed by atoms with van der Waals surface area (Å²) >= 11 is 5.24. The standard InChI is InChI=1S/C15H15IN2O4S2/c1-22-15(21)12-8(6-16)7-24-14-11(13(20)18(12)14)17-10(19)5-9-3-2-4-23-9/h2-4,11,14H,5-7H2,1H3,(H,17,19). The Morgan fingerprint density at radius 1 is 1.50 bits per heavy atom. The number of carbonyl (C=O) groups excluding carboxylic acids is 3. The van der Waals surface area contributed by atoms with Crippen molar-refractivity contribution in [3.05, 3.63) is 33.7 Å². The molecule has 0 spiro atoms. The molecule has 0 radical (unpaired) electrons. The van der Waals surface area contributed by atoms with Gasteiger partial charge >= 0.3 is 5.97 Å². The number of fused-ring (bicyclic) bond motifs is 1. The predicted octanol–water partition coefficient (Wildman–Crippen LogP) is 1.55. The van der Waals surface area contributed by atoms with Crippen LogP contribution in [-0.4, -0.2) is 51.4 Å². The summed E-state index contributed by atoms with van der Waals surface area (Å²) in [6, 6.07) is 3.19. The van der Waals surface area contributed by atoms with Gasteiger partial charge in [0.15, 0.2) is 0 Å². The normalized spacial score (nSPS) is 22.8. The Bertz CT molecular complexity index is 704. The minimum atomic E-state index is -0.585. The van der Waals surface area contributed by atoms with Gasteiger partial charge in [0.1, 0.15) is 17.1 Å². The fourth-order valence-corrected chi connectivity index (χ4v) is 5.71. The zero-order valence-corrected chi connectivity index (χ0v) is 16.6. The molecule has 2 atom stereocenters. The molecule has 2 aliphatic heterocycles. The highest BCUT2D eigenvalue weighted by Crippen LogP contribution is 2.41. The lowest BCUT2D eigenvalue weighted by Gasteiger charge is -2.49. The molecule has 0 aliphatic carbocycles. The lowest BCUT2D eigenvalue weighted by Crippen LogP contribution is -2.70. The Labute approximate surface area is 161 Å². The second-order valence-electron chi connectivity index (χ2n) is 5.29. The molecule has 0 aromatic carbocycles. The van der Waals surface area contributed by atoms with E-state index in [4.69, 9.17) is 4.74 Å². The number of hydrogen-bond donors (Lipinski definition) is 1. The molecular weight excluding hydrogens is 463 g/mol. The lowest BCUT2D eigenvalue weighted by molar-refractivity contribution is -0.151. The van der Waals surface area contributed by atoms with E-state index in [1.807, 2.05) is 17.5 Å². The molecule has 24 heavy (non-hydrogen) atoms. The molecule has 0 bridgehead atoms. The van der Waals surface area contributed by atoms with Crippen LogP contribution in [0.4, 0.5) is 0 Å². The SMILES string of the molecule is COC(=O)C1=C(CI)CSC2C(NC(=O)Cc3cccs3)C(=O)N12. The number of methoxy groups -OCH3 is 1. The number of ether oxygens (including phenoxy) is 1. The molecule has 1 aromatic rings. The summed E-state index contributed by atoms with van der Waals surface area (Å²) in [7, 11) is 1.31. The molecule has 6 nitrogen and oxygen atoms in total. The third kappa shape index (κ3) is 3.21. The summed E-state index contributed by atoms with van der Waals surface area (Å²) in [6.07, 6.45) is 0.261. The summed E-state index contributed by atoms with van der Waals surface area (Å²) in [4.78, 5) is 39.1. The van der Waals surface area contributed by atoms with Crippen molar-refractivity contribution >= 4 is 63.5 Å². The predicted molar refractivity (Wildman–Crippen MR) is 101 cm³/mol. The number of thiophene rings is 1. The van der Waals surface area contributed by atoms with E-state index in [0.29, 0.717) is 15.9 Å². The van der Waals surface area contributed by atoms with Crippen LogP contribution >= 0.6 is 45.7 Å². The first kappa shape index (κ1) is 17.7. The lowest BCUT2D eigenvalue weighted by atomic mass is 10.0. The van der Waals surface area contributed by atoms with Gasteiger partial charge in [-0.25, -0.2) is 4.79 Å². The molecule has 3 heterocycles. The number of thioether (sulfide) groups is 1. The number of hydrogen-bond acceptors (Lipinski definition) is 6. The van der Waals surface area contributed by atoms with Crippen LogP contribution in [0.25, 0.3) is 0 Å². The minimum absolute atomic E-state index is 0.181. The summed E-state index contributed by atoms with van der Waals surface area (Å²) in [5, 5.41) is 4.46. The Balaban J connectivity index is 1.71. The average Bonchev–Trinajstić information content (AvgIpc) is 3.10. The summed E-state index contributed by atoms with van der Waals surface area (Å²) in [5.41, 5.74) is 1.23. The minimum Gasteiger partial charge on any atom is -0.464 e. The van der Waals surface area contributed by atoms with E-state index in [-0.39, 0.29) is 23.6 Å². The van der Waals surface area contributed by atoms with Gasteiger partial charge in [0.2, 0.25) is 5.91 Å². The smallest absolute Gasteiger partial charge is 0.354 e. The third-order valence-corrected chi connectivity index (χ3v) is 6.96. The van der Waals surface area contributed by atoms with Gasteiger partial charge in [-0.3, -0.25) is 14.5 Å². The Hall–Kier alpha value is -1.07. The maximum absolute atomic E-state index is 12.5. The van der Waals surface area contributed by atoms with Gasteiger partial charge in [0, 0.05) is 15.1 Å². The third-order valence-electron chi connectivity index (χ3n) is 3.82. The molecule has 1 fully saturated rings. The molecule has 1 saturated heterocycles. The number of β-lactam (4-membered cyclic amide) rings is 1. The maximum atomic E-state index is 12.5. The van der Waals surface area contributed by atoms with Crippen molar-refractivity contribution in [2.45, 2.75) is 17.8 Å². The van der Waals surface area contributed by atoms with Crippen molar-refractivity contribution in [1.82, 2.24) is 10.2 Å². The van der Waals surface area contributed by atoms with E-state index < -0.39 is 12.0 Å². The van der Waals surface area contributed by atoms with Gasteiger partial charge in [-0.05, 0) is 17.0 Å². The monoisotopic (exact) mass is 478 g/mol. The van der Waals surface area contributed by atoms with Crippen LogP contribution in [0.2, 0.25) is 0 Å². The Morgan fingerprint density at radius 3 is 2.92 bits per heavy atom. The van der Waals surface area contributed by atoms with Crippen molar-refractivity contribution < 1.29 is 19.1 Å². The van der Waals surface area contributed by atoms with Crippen molar-refractivity contribution in [1.29, 1.82) is 0 Å². The van der Waals surface area contributed by atoms with Crippen LogP contribution in [0.5, 0.6) is 0 Å². The zero-order valence-electron chi connectivity index (χ0n) is 12.8. The van der Waals surface area contributed by atoms with E-state index >= 15 is 0 Å². The van der Waals surface area contributed by atoms with Crippen LogP contribution < -0.4 is 5.32 Å². The Kier molecular flexibility index (Phi) is 5.50. The highest BCUT2D eigenvalue weighted by Gasteiger charge is 2.54. The molecule has 3 rings (SSSR count). The van der Waals surface area contributed by atoms with Gasteiger partial charge in [0.05, 0.1) is 13.5 Å². The molecule has 0 saturated carbocycles. The number of alkyl halides is 1. The van der Waals surface area contributed by atoms with Crippen molar-refractivity contribution in [2.75, 3.05) is 17.3 Å². The van der Waals surface area contributed by atoms with Crippen molar-refractivity contribution in [3.8, 4) is 0 Å². The number of halogens is 1. The topological polar surface area (TPSA) is 75.7 Å². The summed E-state index contributed by atoms with van der Waals surface area (Å²) in [6.45, 7) is 0. The van der Waals surface area contributed by atoms with Crippen LogP contribution in [-0.2, 0) is 25.5 Å². The van der Waals surface area contributed by atoms with E-state index in [0.717, 1.165) is 10.5 Å². The van der Waals surface area contributed by atoms with E-state index in [1.54, 1.807) is 11.8 Å². The van der Waals surface area contributed by atoms with Gasteiger partial charge in [-0.15, -0.1) is 23.1 Å². The number of nitrogens with zero attached hydrogens (tertiary/aromatic N) is 1. The zero-order chi connectivity index (χ0) is 17.3. The fourth-order valence-electron chi connectivity index (χ4n) is 2.67. The van der Waals surface area contributed by atoms with Gasteiger partial charge < -0.3 is 10.1 Å². The van der Waals surface area contributed by atoms with E-state index in [9.17, 15) is 14.4 Å². The molecule has 9 heteroatoms. The molecule has 2 aliphatic rings. The Morgan fingerprint density at radius 2 is 2.29 bits per heavy atom. The van der Waals surface area contributed by atoms with Gasteiger partial charge in [0.25, 0.3) is 5.91 Å². The molecule has 2 unspecified atom stereocenters. The molecule has 1 aromatic heterocycles. The highest BCUT2D eigenvalue weighted by atomic mass is 127. The first-order valence-corrected chi connectivity index (χ1v) is 10.6. The van der Waals surface area contributed by atoms with Crippen LogP contribution in [0.15, 0.2) is 28.8 Å². The fraction of sp³-hybridized carbons (Fsp3) is 0.400. The molecule has 1 N–H and O–H groups in total. The number of rotatable bonds is 5. The van der Waals surface area contributed by atoms with E-state index in [2.05, 4.69) is 27.9 Å². The van der Waals surface area contributed by atoms with Gasteiger partial charge in [-0.1, -0.05) is 28.7 Å². The highest BCUT2D eigenvalue weighted by molar-refractivity contribution is 14.1. The maximum Gasteiger partial charge on any atom is 0.354 e. The van der Waals surface area contributed by atoms with E-state index in [1.165, 1.54) is 23.3 Å².